The third-order valence-electron chi connectivity index (χ3n) is 3.06. The zero-order valence-corrected chi connectivity index (χ0v) is 8.99. The molecule has 0 saturated carbocycles. The first-order chi connectivity index (χ1) is 6.15. The third-order valence-corrected chi connectivity index (χ3v) is 3.06. The Labute approximate surface area is 81.3 Å². The second-order valence-corrected chi connectivity index (χ2v) is 4.41. The summed E-state index contributed by atoms with van der Waals surface area (Å²) in [5.74, 6) is 1.04. The van der Waals surface area contributed by atoms with Crippen LogP contribution in [-0.2, 0) is 4.74 Å². The molecule has 1 aliphatic rings. The Morgan fingerprint density at radius 2 is 2.15 bits per heavy atom. The van der Waals surface area contributed by atoms with Gasteiger partial charge in [-0.25, -0.2) is 0 Å². The molecule has 1 heterocycles. The maximum Gasteiger partial charge on any atom is 0.0601 e. The molecule has 0 radical (unpaired) electrons. The first-order valence-corrected chi connectivity index (χ1v) is 5.44. The first-order valence-electron chi connectivity index (χ1n) is 5.44. The lowest BCUT2D eigenvalue weighted by Gasteiger charge is -2.34. The number of aliphatic hydroxyl groups is 1. The maximum absolute atomic E-state index is 9.73. The summed E-state index contributed by atoms with van der Waals surface area (Å²) in [4.78, 5) is 0. The largest absolute Gasteiger partial charge is 0.393 e. The molecule has 0 aromatic rings. The fraction of sp³-hybridized carbons (Fsp3) is 1.00. The summed E-state index contributed by atoms with van der Waals surface area (Å²) in [7, 11) is 0. The Bertz CT molecular complexity index is 145. The minimum atomic E-state index is -0.120. The highest BCUT2D eigenvalue weighted by atomic mass is 16.5. The minimum absolute atomic E-state index is 0.120. The minimum Gasteiger partial charge on any atom is -0.393 e. The van der Waals surface area contributed by atoms with E-state index in [4.69, 9.17) is 4.74 Å². The van der Waals surface area contributed by atoms with Crippen LogP contribution in [0.5, 0.6) is 0 Å². The van der Waals surface area contributed by atoms with E-state index in [9.17, 15) is 5.11 Å². The van der Waals surface area contributed by atoms with E-state index in [0.29, 0.717) is 17.9 Å². The van der Waals surface area contributed by atoms with E-state index in [0.717, 1.165) is 25.9 Å². The molecule has 1 aliphatic heterocycles. The van der Waals surface area contributed by atoms with Gasteiger partial charge in [0.2, 0.25) is 0 Å². The fourth-order valence-corrected chi connectivity index (χ4v) is 2.00. The Hall–Kier alpha value is -0.0800. The van der Waals surface area contributed by atoms with Crippen LogP contribution in [0.3, 0.4) is 0 Å². The van der Waals surface area contributed by atoms with Gasteiger partial charge >= 0.3 is 0 Å². The Balaban J connectivity index is 2.41. The van der Waals surface area contributed by atoms with Crippen molar-refractivity contribution >= 4 is 0 Å². The molecule has 1 fully saturated rings. The van der Waals surface area contributed by atoms with Gasteiger partial charge in [0.1, 0.15) is 0 Å². The SMILES string of the molecule is CCC(O)C1CCOC(C(C)C)C1. The predicted molar refractivity (Wildman–Crippen MR) is 53.6 cm³/mol. The van der Waals surface area contributed by atoms with Crippen LogP contribution in [0.25, 0.3) is 0 Å². The van der Waals surface area contributed by atoms with Crippen LogP contribution in [0.4, 0.5) is 0 Å². The molecule has 13 heavy (non-hydrogen) atoms. The standard InChI is InChI=1S/C11H22O2/c1-4-10(12)9-5-6-13-11(7-9)8(2)3/h8-12H,4-7H2,1-3H3. The molecule has 3 unspecified atom stereocenters. The maximum atomic E-state index is 9.73. The number of hydrogen-bond donors (Lipinski definition) is 1. The predicted octanol–water partition coefficient (Wildman–Crippen LogP) is 2.21. The van der Waals surface area contributed by atoms with Crippen LogP contribution >= 0.6 is 0 Å². The van der Waals surface area contributed by atoms with Gasteiger partial charge in [-0.3, -0.25) is 0 Å². The zero-order chi connectivity index (χ0) is 9.84. The molecular formula is C11H22O2. The van der Waals surface area contributed by atoms with E-state index < -0.39 is 0 Å². The second-order valence-electron chi connectivity index (χ2n) is 4.41. The van der Waals surface area contributed by atoms with Gasteiger partial charge < -0.3 is 9.84 Å². The molecule has 1 rings (SSSR count). The van der Waals surface area contributed by atoms with Crippen LogP contribution in [0.15, 0.2) is 0 Å². The van der Waals surface area contributed by atoms with Gasteiger partial charge in [0.15, 0.2) is 0 Å². The summed E-state index contributed by atoms with van der Waals surface area (Å²) in [6, 6.07) is 0. The number of rotatable bonds is 3. The fourth-order valence-electron chi connectivity index (χ4n) is 2.00. The molecule has 1 saturated heterocycles. The molecule has 2 nitrogen and oxygen atoms in total. The molecule has 2 heteroatoms. The third kappa shape index (κ3) is 2.96. The van der Waals surface area contributed by atoms with E-state index in [1.165, 1.54) is 0 Å². The van der Waals surface area contributed by atoms with Crippen molar-refractivity contribution in [3.8, 4) is 0 Å². The van der Waals surface area contributed by atoms with Gasteiger partial charge in [-0.15, -0.1) is 0 Å². The summed E-state index contributed by atoms with van der Waals surface area (Å²) in [5.41, 5.74) is 0. The smallest absolute Gasteiger partial charge is 0.0601 e. The molecule has 3 atom stereocenters. The molecule has 78 valence electrons. The van der Waals surface area contributed by atoms with Gasteiger partial charge in [0.25, 0.3) is 0 Å². The molecular weight excluding hydrogens is 164 g/mol. The lowest BCUT2D eigenvalue weighted by Crippen LogP contribution is -2.35. The van der Waals surface area contributed by atoms with Crippen LogP contribution in [0.1, 0.15) is 40.0 Å². The van der Waals surface area contributed by atoms with E-state index in [-0.39, 0.29) is 6.10 Å². The van der Waals surface area contributed by atoms with Crippen LogP contribution < -0.4 is 0 Å². The molecule has 0 aromatic heterocycles. The molecule has 0 spiro atoms. The topological polar surface area (TPSA) is 29.5 Å². The van der Waals surface area contributed by atoms with Crippen molar-refractivity contribution in [2.75, 3.05) is 6.61 Å². The Morgan fingerprint density at radius 1 is 1.46 bits per heavy atom. The van der Waals surface area contributed by atoms with Gasteiger partial charge in [0.05, 0.1) is 12.2 Å². The average molecular weight is 186 g/mol. The van der Waals surface area contributed by atoms with E-state index in [1.54, 1.807) is 0 Å². The first kappa shape index (κ1) is 11.0. The number of aliphatic hydroxyl groups excluding tert-OH is 1. The number of hydrogen-bond acceptors (Lipinski definition) is 2. The van der Waals surface area contributed by atoms with Crippen LogP contribution in [-0.4, -0.2) is 23.9 Å². The van der Waals surface area contributed by atoms with Gasteiger partial charge in [-0.1, -0.05) is 20.8 Å². The molecule has 1 N–H and O–H groups in total. The zero-order valence-electron chi connectivity index (χ0n) is 8.99. The average Bonchev–Trinajstić information content (AvgIpc) is 2.17. The van der Waals surface area contributed by atoms with Crippen LogP contribution in [0.2, 0.25) is 0 Å². The molecule has 0 aliphatic carbocycles. The van der Waals surface area contributed by atoms with Crippen molar-refractivity contribution in [1.29, 1.82) is 0 Å². The van der Waals surface area contributed by atoms with Crippen molar-refractivity contribution < 1.29 is 9.84 Å². The highest BCUT2D eigenvalue weighted by molar-refractivity contribution is 4.78. The normalized spacial score (nSPS) is 32.1. The number of ether oxygens (including phenoxy) is 1. The van der Waals surface area contributed by atoms with Crippen molar-refractivity contribution in [2.45, 2.75) is 52.2 Å². The molecule has 0 bridgehead atoms. The second kappa shape index (κ2) is 4.97. The monoisotopic (exact) mass is 186 g/mol. The lowest BCUT2D eigenvalue weighted by molar-refractivity contribution is -0.0627. The summed E-state index contributed by atoms with van der Waals surface area (Å²) in [6.07, 6.45) is 3.17. The van der Waals surface area contributed by atoms with Gasteiger partial charge in [-0.05, 0) is 31.1 Å². The van der Waals surface area contributed by atoms with Gasteiger partial charge in [-0.2, -0.15) is 0 Å². The highest BCUT2D eigenvalue weighted by Crippen LogP contribution is 2.28. The summed E-state index contributed by atoms with van der Waals surface area (Å²) in [6.45, 7) is 7.24. The van der Waals surface area contributed by atoms with Crippen molar-refractivity contribution in [3.63, 3.8) is 0 Å². The van der Waals surface area contributed by atoms with E-state index in [2.05, 4.69) is 13.8 Å². The Morgan fingerprint density at radius 3 is 2.69 bits per heavy atom. The quantitative estimate of drug-likeness (QED) is 0.732. The lowest BCUT2D eigenvalue weighted by atomic mass is 9.86. The van der Waals surface area contributed by atoms with E-state index in [1.807, 2.05) is 6.92 Å². The van der Waals surface area contributed by atoms with E-state index >= 15 is 0 Å². The Kier molecular flexibility index (Phi) is 4.20. The van der Waals surface area contributed by atoms with Crippen LogP contribution in [0, 0.1) is 11.8 Å². The van der Waals surface area contributed by atoms with Gasteiger partial charge in [0, 0.05) is 6.61 Å². The highest BCUT2D eigenvalue weighted by Gasteiger charge is 2.28. The van der Waals surface area contributed by atoms with Crippen molar-refractivity contribution in [3.05, 3.63) is 0 Å². The summed E-state index contributed by atoms with van der Waals surface area (Å²) < 4.78 is 5.65. The molecule has 0 aromatic carbocycles. The van der Waals surface area contributed by atoms with Crippen molar-refractivity contribution in [1.82, 2.24) is 0 Å². The summed E-state index contributed by atoms with van der Waals surface area (Å²) in [5, 5.41) is 9.73. The summed E-state index contributed by atoms with van der Waals surface area (Å²) >= 11 is 0. The van der Waals surface area contributed by atoms with Crippen molar-refractivity contribution in [2.24, 2.45) is 11.8 Å². The molecule has 0 amide bonds.